The summed E-state index contributed by atoms with van der Waals surface area (Å²) in [6.07, 6.45) is 1.79. The van der Waals surface area contributed by atoms with Gasteiger partial charge >= 0.3 is 0 Å². The number of H-pyrrole nitrogens is 1. The fraction of sp³-hybridized carbons (Fsp3) is 0.750. The van der Waals surface area contributed by atoms with Gasteiger partial charge in [-0.3, -0.25) is 10.4 Å². The predicted octanol–water partition coefficient (Wildman–Crippen LogP) is 2.27. The van der Waals surface area contributed by atoms with Gasteiger partial charge in [0, 0.05) is 11.8 Å². The Morgan fingerprint density at radius 2 is 2.28 bits per heavy atom. The lowest BCUT2D eigenvalue weighted by Gasteiger charge is -2.25. The van der Waals surface area contributed by atoms with Gasteiger partial charge < -0.3 is 0 Å². The summed E-state index contributed by atoms with van der Waals surface area (Å²) in [6, 6.07) is 2.67. The first kappa shape index (κ1) is 15.0. The Morgan fingerprint density at radius 1 is 1.56 bits per heavy atom. The number of hydrogen-bond acceptors (Lipinski definition) is 5. The van der Waals surface area contributed by atoms with E-state index >= 15 is 0 Å². The van der Waals surface area contributed by atoms with Crippen molar-refractivity contribution in [2.75, 3.05) is 5.75 Å². The summed E-state index contributed by atoms with van der Waals surface area (Å²) in [7, 11) is 0. The normalized spacial score (nSPS) is 14.4. The molecule has 1 aromatic heterocycles. The Balaban J connectivity index is 2.30. The second kappa shape index (κ2) is 6.76. The summed E-state index contributed by atoms with van der Waals surface area (Å²) >= 11 is 1.62. The maximum Gasteiger partial charge on any atom is 0.208 e. The molecule has 5 nitrogen and oxygen atoms in total. The first-order valence-electron chi connectivity index (χ1n) is 6.16. The van der Waals surface area contributed by atoms with Gasteiger partial charge in [-0.15, -0.1) is 5.10 Å². The third kappa shape index (κ3) is 5.07. The van der Waals surface area contributed by atoms with Crippen LogP contribution in [0.1, 0.15) is 39.4 Å². The van der Waals surface area contributed by atoms with Crippen molar-refractivity contribution in [3.05, 3.63) is 5.82 Å². The van der Waals surface area contributed by atoms with Crippen molar-refractivity contribution in [1.29, 1.82) is 5.26 Å². The van der Waals surface area contributed by atoms with Crippen LogP contribution in [-0.2, 0) is 0 Å². The average molecular weight is 267 g/mol. The smallest absolute Gasteiger partial charge is 0.208 e. The molecule has 1 unspecified atom stereocenters. The fourth-order valence-corrected chi connectivity index (χ4v) is 2.56. The van der Waals surface area contributed by atoms with Crippen LogP contribution in [0.3, 0.4) is 0 Å². The van der Waals surface area contributed by atoms with E-state index in [1.54, 1.807) is 11.8 Å². The van der Waals surface area contributed by atoms with Gasteiger partial charge in [0.2, 0.25) is 5.16 Å². The molecular formula is C12H21N5S. The van der Waals surface area contributed by atoms with Crippen molar-refractivity contribution < 1.29 is 0 Å². The Bertz CT molecular complexity index is 409. The van der Waals surface area contributed by atoms with Crippen molar-refractivity contribution in [1.82, 2.24) is 20.5 Å². The molecule has 0 aromatic carbocycles. The molecule has 100 valence electrons. The molecule has 0 saturated heterocycles. The third-order valence-electron chi connectivity index (χ3n) is 2.48. The van der Waals surface area contributed by atoms with E-state index in [1.165, 1.54) is 0 Å². The molecule has 0 radical (unpaired) electrons. The van der Waals surface area contributed by atoms with Crippen LogP contribution in [0, 0.1) is 18.3 Å². The summed E-state index contributed by atoms with van der Waals surface area (Å²) in [6.45, 7) is 7.95. The lowest BCUT2D eigenvalue weighted by Crippen LogP contribution is -2.44. The molecule has 0 aliphatic carbocycles. The second-order valence-corrected chi connectivity index (χ2v) is 5.96. The minimum absolute atomic E-state index is 0.318. The number of nitriles is 1. The molecule has 18 heavy (non-hydrogen) atoms. The molecule has 0 aliphatic heterocycles. The molecule has 0 fully saturated rings. The molecule has 1 aromatic rings. The zero-order valence-electron chi connectivity index (χ0n) is 11.4. The van der Waals surface area contributed by atoms with Gasteiger partial charge in [0.1, 0.15) is 11.4 Å². The number of thioether (sulfide) groups is 1. The van der Waals surface area contributed by atoms with Crippen molar-refractivity contribution >= 4 is 11.8 Å². The molecule has 1 atom stereocenters. The molecule has 1 heterocycles. The quantitative estimate of drug-likeness (QED) is 0.585. The van der Waals surface area contributed by atoms with Crippen molar-refractivity contribution in [2.45, 2.75) is 57.3 Å². The molecule has 0 amide bonds. The van der Waals surface area contributed by atoms with E-state index in [2.05, 4.69) is 40.4 Å². The van der Waals surface area contributed by atoms with Gasteiger partial charge in [-0.05, 0) is 40.5 Å². The minimum atomic E-state index is -0.441. The lowest BCUT2D eigenvalue weighted by atomic mass is 9.97. The monoisotopic (exact) mass is 267 g/mol. The maximum atomic E-state index is 9.20. The van der Waals surface area contributed by atoms with E-state index in [-0.39, 0.29) is 0 Å². The standard InChI is InChI=1S/C12H21N5S/c1-9(2)15-12(4,8-13)6-5-7-18-11-14-10(3)16-17-11/h9,15H,5-7H2,1-4H3,(H,14,16,17). The summed E-state index contributed by atoms with van der Waals surface area (Å²) in [5.41, 5.74) is -0.441. The van der Waals surface area contributed by atoms with Gasteiger partial charge in [-0.25, -0.2) is 4.98 Å². The Morgan fingerprint density at radius 3 is 2.78 bits per heavy atom. The molecule has 0 saturated carbocycles. The van der Waals surface area contributed by atoms with Gasteiger partial charge in [-0.1, -0.05) is 11.8 Å². The number of nitrogens with zero attached hydrogens (tertiary/aromatic N) is 3. The first-order valence-corrected chi connectivity index (χ1v) is 7.14. The van der Waals surface area contributed by atoms with Gasteiger partial charge in [0.25, 0.3) is 0 Å². The van der Waals surface area contributed by atoms with E-state index in [4.69, 9.17) is 0 Å². The highest BCUT2D eigenvalue weighted by Gasteiger charge is 2.23. The Kier molecular flexibility index (Phi) is 5.63. The first-order chi connectivity index (χ1) is 8.45. The lowest BCUT2D eigenvalue weighted by molar-refractivity contribution is 0.380. The molecule has 2 N–H and O–H groups in total. The predicted molar refractivity (Wildman–Crippen MR) is 73.4 cm³/mol. The largest absolute Gasteiger partial charge is 0.297 e. The average Bonchev–Trinajstić information content (AvgIpc) is 2.70. The Labute approximate surface area is 113 Å². The SMILES string of the molecule is Cc1nc(SCCCC(C)(C#N)NC(C)C)n[nH]1. The van der Waals surface area contributed by atoms with E-state index in [1.807, 2.05) is 13.8 Å². The van der Waals surface area contributed by atoms with Crippen LogP contribution >= 0.6 is 11.8 Å². The van der Waals surface area contributed by atoms with E-state index < -0.39 is 5.54 Å². The van der Waals surface area contributed by atoms with Gasteiger partial charge in [0.05, 0.1) is 6.07 Å². The van der Waals surface area contributed by atoms with E-state index in [0.29, 0.717) is 6.04 Å². The third-order valence-corrected chi connectivity index (χ3v) is 3.42. The minimum Gasteiger partial charge on any atom is -0.297 e. The summed E-state index contributed by atoms with van der Waals surface area (Å²) in [5.74, 6) is 1.76. The second-order valence-electron chi connectivity index (χ2n) is 4.90. The summed E-state index contributed by atoms with van der Waals surface area (Å²) < 4.78 is 0. The number of aryl methyl sites for hydroxylation is 1. The topological polar surface area (TPSA) is 77.4 Å². The highest BCUT2D eigenvalue weighted by Crippen LogP contribution is 2.18. The van der Waals surface area contributed by atoms with Crippen molar-refractivity contribution in [3.63, 3.8) is 0 Å². The molecule has 0 aliphatic rings. The van der Waals surface area contributed by atoms with Crippen LogP contribution in [0.4, 0.5) is 0 Å². The molecule has 6 heteroatoms. The van der Waals surface area contributed by atoms with Gasteiger partial charge in [0.15, 0.2) is 0 Å². The molecule has 1 rings (SSSR count). The highest BCUT2D eigenvalue weighted by molar-refractivity contribution is 7.99. The van der Waals surface area contributed by atoms with Crippen LogP contribution in [0.25, 0.3) is 0 Å². The number of hydrogen-bond donors (Lipinski definition) is 2. The number of aromatic nitrogens is 3. The van der Waals surface area contributed by atoms with Crippen LogP contribution in [0.15, 0.2) is 5.16 Å². The molecule has 0 bridgehead atoms. The van der Waals surface area contributed by atoms with Crippen LogP contribution < -0.4 is 5.32 Å². The fourth-order valence-electron chi connectivity index (χ4n) is 1.77. The zero-order chi connectivity index (χ0) is 13.6. The number of aromatic amines is 1. The highest BCUT2D eigenvalue weighted by atomic mass is 32.2. The van der Waals surface area contributed by atoms with E-state index in [0.717, 1.165) is 29.6 Å². The van der Waals surface area contributed by atoms with Gasteiger partial charge in [-0.2, -0.15) is 5.26 Å². The van der Waals surface area contributed by atoms with Crippen LogP contribution in [0.2, 0.25) is 0 Å². The summed E-state index contributed by atoms with van der Waals surface area (Å²) in [5, 5.41) is 20.2. The zero-order valence-corrected chi connectivity index (χ0v) is 12.3. The number of rotatable bonds is 7. The maximum absolute atomic E-state index is 9.20. The molecular weight excluding hydrogens is 246 g/mol. The van der Waals surface area contributed by atoms with Crippen molar-refractivity contribution in [3.8, 4) is 6.07 Å². The molecule has 0 spiro atoms. The summed E-state index contributed by atoms with van der Waals surface area (Å²) in [4.78, 5) is 4.23. The van der Waals surface area contributed by atoms with Crippen LogP contribution in [-0.4, -0.2) is 32.5 Å². The van der Waals surface area contributed by atoms with Crippen LogP contribution in [0.5, 0.6) is 0 Å². The van der Waals surface area contributed by atoms with Crippen molar-refractivity contribution in [2.24, 2.45) is 0 Å². The Hall–Kier alpha value is -1.06. The number of nitrogens with one attached hydrogen (secondary N) is 2. The van der Waals surface area contributed by atoms with E-state index in [9.17, 15) is 5.26 Å².